The molecule has 1 fully saturated rings. The van der Waals surface area contributed by atoms with Crippen LogP contribution in [0.4, 0.5) is 0 Å². The van der Waals surface area contributed by atoms with Crippen molar-refractivity contribution in [2.45, 2.75) is 276 Å². The number of hydrogen-bond acceptors (Lipinski definition) is 10. The van der Waals surface area contributed by atoms with Gasteiger partial charge >= 0.3 is 0 Å². The summed E-state index contributed by atoms with van der Waals surface area (Å²) in [5.41, 5.74) is 11.9. The second-order valence-corrected chi connectivity index (χ2v) is 18.9. The summed E-state index contributed by atoms with van der Waals surface area (Å²) in [6, 6.07) is -2.13. The Labute approximate surface area is 389 Å². The maximum absolute atomic E-state index is 13.9. The molecule has 0 unspecified atom stereocenters. The summed E-state index contributed by atoms with van der Waals surface area (Å²) in [5, 5.41) is 23.7. The first-order valence-corrected chi connectivity index (χ1v) is 26.1. The van der Waals surface area contributed by atoms with Crippen molar-refractivity contribution in [2.75, 3.05) is 13.2 Å². The molecule has 0 spiro atoms. The van der Waals surface area contributed by atoms with Gasteiger partial charge in [-0.2, -0.15) is 0 Å². The number of Topliss-reactive ketones (excluding diaryl/α,β-unsaturated/α-hetero) is 1. The highest BCUT2D eigenvalue weighted by molar-refractivity contribution is 6.12. The van der Waals surface area contributed by atoms with Crippen molar-refractivity contribution in [3.8, 4) is 0 Å². The zero-order valence-corrected chi connectivity index (χ0v) is 41.4. The van der Waals surface area contributed by atoms with Crippen LogP contribution in [0, 0.1) is 0 Å². The van der Waals surface area contributed by atoms with Crippen molar-refractivity contribution in [1.29, 1.82) is 0 Å². The van der Waals surface area contributed by atoms with E-state index < -0.39 is 66.4 Å². The van der Waals surface area contributed by atoms with Crippen LogP contribution in [0.25, 0.3) is 0 Å². The molecule has 8 N–H and O–H groups in total. The lowest BCUT2D eigenvalue weighted by molar-refractivity contribution is -0.237. The van der Waals surface area contributed by atoms with Crippen LogP contribution in [-0.2, 0) is 28.8 Å². The highest BCUT2D eigenvalue weighted by Gasteiger charge is 2.43. The van der Waals surface area contributed by atoms with Crippen LogP contribution in [0.5, 0.6) is 0 Å². The minimum absolute atomic E-state index is 0.0398. The Hall–Kier alpha value is -2.42. The highest BCUT2D eigenvalue weighted by Crippen LogP contribution is 2.27. The molecule has 0 aromatic heterocycles. The van der Waals surface area contributed by atoms with Gasteiger partial charge in [0.1, 0.15) is 30.6 Å². The summed E-state index contributed by atoms with van der Waals surface area (Å²) in [6.45, 7) is 8.52. The van der Waals surface area contributed by atoms with E-state index in [0.29, 0.717) is 13.0 Å². The predicted octanol–water partition coefficient (Wildman–Crippen LogP) is 9.14. The van der Waals surface area contributed by atoms with Crippen LogP contribution in [0.2, 0.25) is 0 Å². The van der Waals surface area contributed by atoms with E-state index in [1.807, 2.05) is 0 Å². The van der Waals surface area contributed by atoms with Gasteiger partial charge in [0, 0.05) is 19.4 Å². The first kappa shape index (κ1) is 59.6. The van der Waals surface area contributed by atoms with Crippen molar-refractivity contribution >= 4 is 23.5 Å². The van der Waals surface area contributed by atoms with Crippen molar-refractivity contribution < 1.29 is 39.0 Å². The number of hydroxylamine groups is 1. The van der Waals surface area contributed by atoms with E-state index in [-0.39, 0.29) is 12.3 Å². The Balaban J connectivity index is 2.72. The van der Waals surface area contributed by atoms with Crippen LogP contribution < -0.4 is 22.3 Å². The number of unbranched alkanes of at least 4 members (excludes halogenated alkanes) is 26. The van der Waals surface area contributed by atoms with E-state index in [1.165, 1.54) is 149 Å². The molecule has 0 aromatic carbocycles. The maximum atomic E-state index is 13.9. The molecular formula is C51H97N5O8. The zero-order chi connectivity index (χ0) is 47.4. The molecule has 3 amide bonds. The van der Waals surface area contributed by atoms with Gasteiger partial charge in [-0.05, 0) is 59.3 Å². The summed E-state index contributed by atoms with van der Waals surface area (Å²) in [7, 11) is 0. The fraction of sp³-hybridized carbons (Fsp3) is 0.882. The molecular weight excluding hydrogens is 811 g/mol. The molecule has 1 aliphatic heterocycles. The van der Waals surface area contributed by atoms with Crippen LogP contribution in [0.15, 0.2) is 12.2 Å². The second kappa shape index (κ2) is 37.6. The Morgan fingerprint density at radius 2 is 1.17 bits per heavy atom. The van der Waals surface area contributed by atoms with Gasteiger partial charge in [-0.25, -0.2) is 5.48 Å². The van der Waals surface area contributed by atoms with Crippen LogP contribution in [-0.4, -0.2) is 93.9 Å². The van der Waals surface area contributed by atoms with Crippen molar-refractivity contribution in [3.63, 3.8) is 0 Å². The van der Waals surface area contributed by atoms with Crippen molar-refractivity contribution in [3.05, 3.63) is 12.2 Å². The predicted molar refractivity (Wildman–Crippen MR) is 259 cm³/mol. The first-order chi connectivity index (χ1) is 30.8. The molecule has 7 atom stereocenters. The van der Waals surface area contributed by atoms with Gasteiger partial charge in [-0.1, -0.05) is 174 Å². The number of carbonyl (C=O) groups is 4. The Morgan fingerprint density at radius 3 is 1.62 bits per heavy atom. The molecule has 13 nitrogen and oxygen atoms in total. The van der Waals surface area contributed by atoms with Crippen LogP contribution in [0.1, 0.15) is 234 Å². The molecule has 1 aliphatic rings. The average molecular weight is 908 g/mol. The van der Waals surface area contributed by atoms with E-state index in [0.717, 1.165) is 57.8 Å². The SMILES string of the molecule is CCCCCCCC/C=C\CCCCCCCC(=O)N(CCCCCCCCCCCCCCCCCC)[C@H]1C[C@H](ONC(=O)[C@H](C)NC(=O)[C@](C)(N)C(=O)[C@H](C)N)[C@@H](O)[C@@H](CO)O1. The van der Waals surface area contributed by atoms with E-state index in [1.54, 1.807) is 4.90 Å². The third-order valence-electron chi connectivity index (χ3n) is 12.7. The normalized spacial score (nSPS) is 19.6. The molecule has 374 valence electrons. The van der Waals surface area contributed by atoms with Gasteiger partial charge in [0.05, 0.1) is 12.6 Å². The summed E-state index contributed by atoms with van der Waals surface area (Å²) < 4.78 is 6.15. The molecule has 0 radical (unpaired) electrons. The number of aliphatic hydroxyl groups is 2. The fourth-order valence-corrected chi connectivity index (χ4v) is 8.35. The number of ketones is 1. The number of allylic oxidation sites excluding steroid dienone is 2. The average Bonchev–Trinajstić information content (AvgIpc) is 3.27. The number of rotatable bonds is 41. The number of aliphatic hydroxyl groups excluding tert-OH is 2. The highest BCUT2D eigenvalue weighted by atomic mass is 16.7. The molecule has 0 aromatic rings. The summed E-state index contributed by atoms with van der Waals surface area (Å²) >= 11 is 0. The van der Waals surface area contributed by atoms with Crippen LogP contribution >= 0.6 is 0 Å². The van der Waals surface area contributed by atoms with Gasteiger partial charge in [0.15, 0.2) is 11.3 Å². The summed E-state index contributed by atoms with van der Waals surface area (Å²) in [6.07, 6.45) is 36.2. The number of nitrogens with one attached hydrogen (secondary N) is 2. The Bertz CT molecular complexity index is 1250. The maximum Gasteiger partial charge on any atom is 0.265 e. The lowest BCUT2D eigenvalue weighted by Crippen LogP contribution is -2.63. The summed E-state index contributed by atoms with van der Waals surface area (Å²) in [4.78, 5) is 59.5. The van der Waals surface area contributed by atoms with E-state index in [9.17, 15) is 29.4 Å². The van der Waals surface area contributed by atoms with Gasteiger partial charge in [0.25, 0.3) is 5.91 Å². The molecule has 0 aliphatic carbocycles. The topological polar surface area (TPSA) is 207 Å². The third-order valence-corrected chi connectivity index (χ3v) is 12.7. The minimum atomic E-state index is -1.95. The number of ether oxygens (including phenoxy) is 1. The number of amides is 3. The largest absolute Gasteiger partial charge is 0.394 e. The fourth-order valence-electron chi connectivity index (χ4n) is 8.35. The van der Waals surface area contributed by atoms with Gasteiger partial charge in [-0.3, -0.25) is 24.0 Å². The smallest absolute Gasteiger partial charge is 0.265 e. The number of hydrogen-bond donors (Lipinski definition) is 6. The van der Waals surface area contributed by atoms with Gasteiger partial charge < -0.3 is 36.6 Å². The standard InChI is InChI=1S/C51H97N5O8/c1-6-8-10-12-14-16-18-20-22-24-26-28-30-32-34-36-38-56(45(58)37-35-33-31-29-27-25-23-21-19-17-15-13-11-9-7-2)46-39-43(47(59)44(40-57)63-46)64-55-49(61)42(4)54-50(62)51(5,53)48(60)41(3)52/h21,23,41-44,46-47,57,59H,6-20,22,24-40,52-53H2,1-5H3,(H,54,62)(H,55,61)/b23-21-/t41-,42-,43-,44+,46+,47+,51+/m0/s1. The molecule has 13 heteroatoms. The Kier molecular flexibility index (Phi) is 35.1. The van der Waals surface area contributed by atoms with E-state index in [2.05, 4.69) is 36.8 Å². The lowest BCUT2D eigenvalue weighted by atomic mass is 9.92. The third kappa shape index (κ3) is 26.7. The zero-order valence-electron chi connectivity index (χ0n) is 41.4. The monoisotopic (exact) mass is 908 g/mol. The van der Waals surface area contributed by atoms with Crippen LogP contribution in [0.3, 0.4) is 0 Å². The molecule has 1 saturated heterocycles. The van der Waals surface area contributed by atoms with E-state index in [4.69, 9.17) is 21.0 Å². The molecule has 0 bridgehead atoms. The molecule has 1 rings (SSSR count). The second-order valence-electron chi connectivity index (χ2n) is 18.9. The number of carbonyl (C=O) groups excluding carboxylic acids is 4. The molecule has 1 heterocycles. The van der Waals surface area contributed by atoms with Crippen molar-refractivity contribution in [1.82, 2.24) is 15.7 Å². The number of nitrogens with two attached hydrogens (primary N) is 2. The quantitative estimate of drug-likeness (QED) is 0.0148. The summed E-state index contributed by atoms with van der Waals surface area (Å²) in [5.74, 6) is -2.35. The lowest BCUT2D eigenvalue weighted by Gasteiger charge is -2.42. The van der Waals surface area contributed by atoms with Gasteiger partial charge in [-0.15, -0.1) is 0 Å². The number of nitrogens with zero attached hydrogens (tertiary/aromatic N) is 1. The van der Waals surface area contributed by atoms with E-state index >= 15 is 0 Å². The van der Waals surface area contributed by atoms with Crippen molar-refractivity contribution in [2.24, 2.45) is 11.5 Å². The van der Waals surface area contributed by atoms with Gasteiger partial charge in [0.2, 0.25) is 11.8 Å². The minimum Gasteiger partial charge on any atom is -0.394 e. The molecule has 64 heavy (non-hydrogen) atoms. The molecule has 0 saturated carbocycles. The first-order valence-electron chi connectivity index (χ1n) is 26.1. The Morgan fingerprint density at radius 1 is 0.734 bits per heavy atom.